The van der Waals surface area contributed by atoms with Crippen LogP contribution >= 0.6 is 11.6 Å². The van der Waals surface area contributed by atoms with Crippen LogP contribution in [0.4, 0.5) is 4.39 Å². The van der Waals surface area contributed by atoms with Gasteiger partial charge >= 0.3 is 0 Å². The summed E-state index contributed by atoms with van der Waals surface area (Å²) in [6, 6.07) is 4.73. The molecule has 0 aromatic heterocycles. The topological polar surface area (TPSA) is 26.0 Å². The third-order valence-electron chi connectivity index (χ3n) is 3.98. The Morgan fingerprint density at radius 1 is 1.22 bits per heavy atom. The number of halogens is 2. The lowest BCUT2D eigenvalue weighted by Crippen LogP contribution is -2.32. The minimum atomic E-state index is -0.285. The molecule has 0 aliphatic heterocycles. The predicted octanol–water partition coefficient (Wildman–Crippen LogP) is 4.32. The second kappa shape index (κ2) is 6.53. The lowest BCUT2D eigenvalue weighted by atomic mass is 9.88. The van der Waals surface area contributed by atoms with Crippen molar-refractivity contribution < 1.29 is 4.39 Å². The maximum absolute atomic E-state index is 13.0. The van der Waals surface area contributed by atoms with Crippen LogP contribution < -0.4 is 5.73 Å². The van der Waals surface area contributed by atoms with Crippen LogP contribution in [-0.4, -0.2) is 6.04 Å². The van der Waals surface area contributed by atoms with Crippen LogP contribution in [0.1, 0.15) is 44.1 Å². The van der Waals surface area contributed by atoms with E-state index in [1.54, 1.807) is 6.07 Å². The van der Waals surface area contributed by atoms with E-state index >= 15 is 0 Å². The first kappa shape index (κ1) is 13.8. The summed E-state index contributed by atoms with van der Waals surface area (Å²) in [7, 11) is 0. The molecule has 0 bridgehead atoms. The normalized spacial score (nSPS) is 19.5. The number of hydrogen-bond donors (Lipinski definition) is 1. The maximum Gasteiger partial charge on any atom is 0.124 e. The summed E-state index contributed by atoms with van der Waals surface area (Å²) in [5, 5.41) is 0.499. The average Bonchev–Trinajstić information content (AvgIpc) is 2.61. The van der Waals surface area contributed by atoms with Crippen LogP contribution in [0, 0.1) is 11.7 Å². The summed E-state index contributed by atoms with van der Waals surface area (Å²) in [6.45, 7) is 0. The molecule has 0 spiro atoms. The Bertz CT molecular complexity index is 386. The molecule has 1 aliphatic rings. The Labute approximate surface area is 114 Å². The fourth-order valence-electron chi connectivity index (χ4n) is 2.85. The van der Waals surface area contributed by atoms with Gasteiger partial charge in [0.2, 0.25) is 0 Å². The Morgan fingerprint density at radius 3 is 2.50 bits per heavy atom. The summed E-state index contributed by atoms with van der Waals surface area (Å²) in [4.78, 5) is 0. The van der Waals surface area contributed by atoms with Crippen molar-refractivity contribution in [3.05, 3.63) is 34.6 Å². The average molecular weight is 270 g/mol. The van der Waals surface area contributed by atoms with Gasteiger partial charge in [0.25, 0.3) is 0 Å². The largest absolute Gasteiger partial charge is 0.327 e. The summed E-state index contributed by atoms with van der Waals surface area (Å²) in [5.74, 6) is 0.306. The fourth-order valence-corrected chi connectivity index (χ4v) is 3.09. The zero-order valence-electron chi connectivity index (χ0n) is 10.7. The van der Waals surface area contributed by atoms with Crippen LogP contribution in [0.15, 0.2) is 18.2 Å². The molecule has 0 amide bonds. The molecule has 0 heterocycles. The molecule has 1 aromatic carbocycles. The van der Waals surface area contributed by atoms with Gasteiger partial charge in [-0.3, -0.25) is 0 Å². The summed E-state index contributed by atoms with van der Waals surface area (Å²) < 4.78 is 13.0. The van der Waals surface area contributed by atoms with E-state index in [0.717, 1.165) is 12.0 Å². The highest BCUT2D eigenvalue weighted by Gasteiger charge is 2.20. The molecule has 0 radical (unpaired) electrons. The molecule has 2 N–H and O–H groups in total. The number of nitrogens with two attached hydrogens (primary N) is 1. The second-order valence-electron chi connectivity index (χ2n) is 5.36. The minimum absolute atomic E-state index is 0.145. The van der Waals surface area contributed by atoms with Gasteiger partial charge in [-0.05, 0) is 42.9 Å². The van der Waals surface area contributed by atoms with E-state index in [1.165, 1.54) is 50.7 Å². The molecular weight excluding hydrogens is 249 g/mol. The van der Waals surface area contributed by atoms with Crippen LogP contribution in [0.25, 0.3) is 0 Å². The fraction of sp³-hybridized carbons (Fsp3) is 0.600. The molecule has 1 atom stereocenters. The van der Waals surface area contributed by atoms with Crippen LogP contribution in [-0.2, 0) is 6.42 Å². The Hall–Kier alpha value is -0.600. The van der Waals surface area contributed by atoms with Crippen molar-refractivity contribution in [3.8, 4) is 0 Å². The Kier molecular flexibility index (Phi) is 5.02. The first-order valence-corrected chi connectivity index (χ1v) is 7.24. The molecule has 2 rings (SSSR count). The maximum atomic E-state index is 13.0. The van der Waals surface area contributed by atoms with Crippen molar-refractivity contribution in [1.82, 2.24) is 0 Å². The number of rotatable bonds is 3. The lowest BCUT2D eigenvalue weighted by Gasteiger charge is -2.22. The summed E-state index contributed by atoms with van der Waals surface area (Å²) >= 11 is 6.05. The highest BCUT2D eigenvalue weighted by molar-refractivity contribution is 6.31. The minimum Gasteiger partial charge on any atom is -0.327 e. The van der Waals surface area contributed by atoms with E-state index in [0.29, 0.717) is 10.9 Å². The van der Waals surface area contributed by atoms with Gasteiger partial charge in [-0.1, -0.05) is 43.4 Å². The van der Waals surface area contributed by atoms with E-state index < -0.39 is 0 Å². The Balaban J connectivity index is 1.98. The van der Waals surface area contributed by atoms with Crippen LogP contribution in [0.3, 0.4) is 0 Å². The van der Waals surface area contributed by atoms with Gasteiger partial charge in [-0.15, -0.1) is 0 Å². The summed E-state index contributed by atoms with van der Waals surface area (Å²) in [6.07, 6.45) is 8.44. The van der Waals surface area contributed by atoms with E-state index in [4.69, 9.17) is 17.3 Å². The van der Waals surface area contributed by atoms with Crippen molar-refractivity contribution >= 4 is 11.6 Å². The molecule has 100 valence electrons. The Morgan fingerprint density at radius 2 is 1.89 bits per heavy atom. The van der Waals surface area contributed by atoms with Crippen molar-refractivity contribution in [2.75, 3.05) is 0 Å². The van der Waals surface area contributed by atoms with Crippen molar-refractivity contribution in [2.24, 2.45) is 11.7 Å². The van der Waals surface area contributed by atoms with Gasteiger partial charge in [0.15, 0.2) is 0 Å². The molecule has 1 saturated carbocycles. The molecular formula is C15H21ClFN. The standard InChI is InChI=1S/C15H21ClFN/c16-14-10-13(17)8-7-12(14)9-15(18)11-5-3-1-2-4-6-11/h7-8,10-11,15H,1-6,9,18H2. The first-order valence-electron chi connectivity index (χ1n) is 6.86. The molecule has 18 heavy (non-hydrogen) atoms. The van der Waals surface area contributed by atoms with Crippen molar-refractivity contribution in [3.63, 3.8) is 0 Å². The van der Waals surface area contributed by atoms with Gasteiger partial charge in [-0.25, -0.2) is 4.39 Å². The van der Waals surface area contributed by atoms with Crippen molar-refractivity contribution in [2.45, 2.75) is 51.0 Å². The van der Waals surface area contributed by atoms with Gasteiger partial charge < -0.3 is 5.73 Å². The second-order valence-corrected chi connectivity index (χ2v) is 5.76. The number of benzene rings is 1. The highest BCUT2D eigenvalue weighted by Crippen LogP contribution is 2.27. The molecule has 1 fully saturated rings. The predicted molar refractivity (Wildman–Crippen MR) is 74.3 cm³/mol. The van der Waals surface area contributed by atoms with E-state index in [-0.39, 0.29) is 11.9 Å². The third-order valence-corrected chi connectivity index (χ3v) is 4.33. The monoisotopic (exact) mass is 269 g/mol. The van der Waals surface area contributed by atoms with Crippen molar-refractivity contribution in [1.29, 1.82) is 0 Å². The third kappa shape index (κ3) is 3.69. The number of hydrogen-bond acceptors (Lipinski definition) is 1. The molecule has 3 heteroatoms. The highest BCUT2D eigenvalue weighted by atomic mass is 35.5. The first-order chi connectivity index (χ1) is 8.66. The van der Waals surface area contributed by atoms with Gasteiger partial charge in [0.1, 0.15) is 5.82 Å². The molecule has 1 nitrogen and oxygen atoms in total. The van der Waals surface area contributed by atoms with E-state index in [1.807, 2.05) is 0 Å². The van der Waals surface area contributed by atoms with Gasteiger partial charge in [0.05, 0.1) is 0 Å². The molecule has 1 aliphatic carbocycles. The smallest absolute Gasteiger partial charge is 0.124 e. The zero-order chi connectivity index (χ0) is 13.0. The lowest BCUT2D eigenvalue weighted by molar-refractivity contribution is 0.372. The molecule has 0 saturated heterocycles. The van der Waals surface area contributed by atoms with Crippen LogP contribution in [0.2, 0.25) is 5.02 Å². The SMILES string of the molecule is NC(Cc1ccc(F)cc1Cl)C1CCCCCC1. The van der Waals surface area contributed by atoms with Gasteiger partial charge in [0, 0.05) is 11.1 Å². The van der Waals surface area contributed by atoms with Gasteiger partial charge in [-0.2, -0.15) is 0 Å². The quantitative estimate of drug-likeness (QED) is 0.813. The molecule has 1 unspecified atom stereocenters. The molecule has 1 aromatic rings. The van der Waals surface area contributed by atoms with E-state index in [9.17, 15) is 4.39 Å². The van der Waals surface area contributed by atoms with E-state index in [2.05, 4.69) is 0 Å². The van der Waals surface area contributed by atoms with Crippen LogP contribution in [0.5, 0.6) is 0 Å². The summed E-state index contributed by atoms with van der Waals surface area (Å²) in [5.41, 5.74) is 7.27. The zero-order valence-corrected chi connectivity index (χ0v) is 11.4.